The lowest BCUT2D eigenvalue weighted by molar-refractivity contribution is 0.0980. The Morgan fingerprint density at radius 2 is 2.14 bits per heavy atom. The molecule has 4 heteroatoms. The van der Waals surface area contributed by atoms with Gasteiger partial charge in [-0.1, -0.05) is 26.2 Å². The number of nitrogens with zero attached hydrogens (tertiary/aromatic N) is 2. The zero-order valence-corrected chi connectivity index (χ0v) is 14.3. The highest BCUT2D eigenvalue weighted by Crippen LogP contribution is 2.29. The van der Waals surface area contributed by atoms with Crippen LogP contribution in [0.5, 0.6) is 0 Å². The summed E-state index contributed by atoms with van der Waals surface area (Å²) in [5.74, 6) is 0.899. The minimum atomic E-state index is 0.624. The highest BCUT2D eigenvalue weighted by Gasteiger charge is 2.31. The van der Waals surface area contributed by atoms with Crippen LogP contribution in [0.2, 0.25) is 0 Å². The van der Waals surface area contributed by atoms with Crippen molar-refractivity contribution in [2.24, 2.45) is 5.92 Å². The lowest BCUT2D eigenvalue weighted by Gasteiger charge is -2.42. The average molecular weight is 308 g/mol. The standard InChI is InChI=1S/C17H29N3S/c1-3-15-10-19-17(21-15)12-20-11-16(18-9-13(20)2)14-7-5-4-6-8-14/h10,13-14,16,18H,3-9,11-12H2,1-2H3. The number of aryl methyl sites for hydroxylation is 1. The van der Waals surface area contributed by atoms with Gasteiger partial charge < -0.3 is 5.32 Å². The maximum absolute atomic E-state index is 4.61. The molecule has 1 aliphatic heterocycles. The van der Waals surface area contributed by atoms with Gasteiger partial charge in [-0.15, -0.1) is 11.3 Å². The molecule has 0 aromatic carbocycles. The second-order valence-electron chi connectivity index (χ2n) is 6.77. The van der Waals surface area contributed by atoms with Crippen molar-refractivity contribution in [2.45, 2.75) is 71.0 Å². The normalized spacial score (nSPS) is 28.9. The van der Waals surface area contributed by atoms with Crippen molar-refractivity contribution in [3.63, 3.8) is 0 Å². The summed E-state index contributed by atoms with van der Waals surface area (Å²) in [6.07, 6.45) is 10.3. The Kier molecular flexibility index (Phi) is 5.30. The molecule has 0 radical (unpaired) electrons. The van der Waals surface area contributed by atoms with Crippen LogP contribution >= 0.6 is 11.3 Å². The zero-order valence-electron chi connectivity index (χ0n) is 13.5. The Labute approximate surface area is 133 Å². The molecule has 1 aromatic heterocycles. The van der Waals surface area contributed by atoms with E-state index in [1.165, 1.54) is 48.5 Å². The van der Waals surface area contributed by atoms with Crippen LogP contribution in [-0.4, -0.2) is 35.1 Å². The van der Waals surface area contributed by atoms with Gasteiger partial charge in [0.05, 0.1) is 6.54 Å². The number of hydrogen-bond acceptors (Lipinski definition) is 4. The summed E-state index contributed by atoms with van der Waals surface area (Å²) in [7, 11) is 0. The third-order valence-corrected chi connectivity index (χ3v) is 6.36. The van der Waals surface area contributed by atoms with Crippen LogP contribution in [0.15, 0.2) is 6.20 Å². The van der Waals surface area contributed by atoms with E-state index in [1.54, 1.807) is 0 Å². The Morgan fingerprint density at radius 1 is 1.33 bits per heavy atom. The zero-order chi connectivity index (χ0) is 14.7. The molecule has 0 spiro atoms. The molecule has 2 fully saturated rings. The van der Waals surface area contributed by atoms with Gasteiger partial charge in [-0.05, 0) is 32.1 Å². The molecule has 0 amide bonds. The fourth-order valence-electron chi connectivity index (χ4n) is 3.78. The number of aromatic nitrogens is 1. The SMILES string of the molecule is CCc1cnc(CN2CC(C3CCCCC3)NCC2C)s1. The summed E-state index contributed by atoms with van der Waals surface area (Å²) in [5.41, 5.74) is 0. The molecule has 118 valence electrons. The molecule has 2 atom stereocenters. The lowest BCUT2D eigenvalue weighted by atomic mass is 9.82. The van der Waals surface area contributed by atoms with Crippen molar-refractivity contribution in [1.82, 2.24) is 15.2 Å². The third-order valence-electron chi connectivity index (χ3n) is 5.24. The van der Waals surface area contributed by atoms with Crippen molar-refractivity contribution >= 4 is 11.3 Å². The van der Waals surface area contributed by atoms with Crippen LogP contribution in [0.25, 0.3) is 0 Å². The molecule has 3 rings (SSSR count). The molecule has 1 saturated heterocycles. The van der Waals surface area contributed by atoms with Crippen molar-refractivity contribution in [3.05, 3.63) is 16.1 Å². The van der Waals surface area contributed by atoms with Crippen LogP contribution in [-0.2, 0) is 13.0 Å². The van der Waals surface area contributed by atoms with Gasteiger partial charge in [0.15, 0.2) is 0 Å². The second kappa shape index (κ2) is 7.21. The number of hydrogen-bond donors (Lipinski definition) is 1. The van der Waals surface area contributed by atoms with Crippen molar-refractivity contribution in [1.29, 1.82) is 0 Å². The Balaban J connectivity index is 1.60. The Hall–Kier alpha value is -0.450. The van der Waals surface area contributed by atoms with Gasteiger partial charge in [-0.25, -0.2) is 4.98 Å². The fourth-order valence-corrected chi connectivity index (χ4v) is 4.67. The topological polar surface area (TPSA) is 28.2 Å². The highest BCUT2D eigenvalue weighted by atomic mass is 32.1. The van der Waals surface area contributed by atoms with Gasteiger partial charge >= 0.3 is 0 Å². The molecule has 2 aliphatic rings. The minimum absolute atomic E-state index is 0.624. The third kappa shape index (κ3) is 3.85. The summed E-state index contributed by atoms with van der Waals surface area (Å²) >= 11 is 1.89. The van der Waals surface area contributed by atoms with Crippen LogP contribution < -0.4 is 5.32 Å². The van der Waals surface area contributed by atoms with Gasteiger partial charge in [0.25, 0.3) is 0 Å². The quantitative estimate of drug-likeness (QED) is 0.923. The van der Waals surface area contributed by atoms with Crippen LogP contribution in [0.3, 0.4) is 0 Å². The van der Waals surface area contributed by atoms with Gasteiger partial charge in [-0.2, -0.15) is 0 Å². The largest absolute Gasteiger partial charge is 0.311 e. The van der Waals surface area contributed by atoms with Gasteiger partial charge in [0, 0.05) is 36.2 Å². The molecule has 0 bridgehead atoms. The maximum atomic E-state index is 4.61. The number of rotatable bonds is 4. The molecule has 2 unspecified atom stereocenters. The molecule has 2 heterocycles. The molecule has 1 aromatic rings. The Bertz CT molecular complexity index is 439. The van der Waals surface area contributed by atoms with E-state index in [9.17, 15) is 0 Å². The van der Waals surface area contributed by atoms with Crippen LogP contribution in [0.1, 0.15) is 55.8 Å². The number of piperazine rings is 1. The molecule has 21 heavy (non-hydrogen) atoms. The number of thiazole rings is 1. The van der Waals surface area contributed by atoms with E-state index in [-0.39, 0.29) is 0 Å². The van der Waals surface area contributed by atoms with Crippen molar-refractivity contribution in [2.75, 3.05) is 13.1 Å². The van der Waals surface area contributed by atoms with E-state index in [4.69, 9.17) is 0 Å². The molecular weight excluding hydrogens is 278 g/mol. The molecular formula is C17H29N3S. The summed E-state index contributed by atoms with van der Waals surface area (Å²) in [5, 5.41) is 5.11. The first kappa shape index (κ1) is 15.4. The molecule has 1 aliphatic carbocycles. The average Bonchev–Trinajstić information content (AvgIpc) is 2.98. The van der Waals surface area contributed by atoms with E-state index >= 15 is 0 Å². The minimum Gasteiger partial charge on any atom is -0.311 e. The highest BCUT2D eigenvalue weighted by molar-refractivity contribution is 7.11. The van der Waals surface area contributed by atoms with Gasteiger partial charge in [0.2, 0.25) is 0 Å². The van der Waals surface area contributed by atoms with E-state index in [0.29, 0.717) is 12.1 Å². The smallest absolute Gasteiger partial charge is 0.107 e. The van der Waals surface area contributed by atoms with E-state index in [1.807, 2.05) is 11.3 Å². The van der Waals surface area contributed by atoms with E-state index in [2.05, 4.69) is 35.2 Å². The predicted octanol–water partition coefficient (Wildman–Crippen LogP) is 3.45. The Morgan fingerprint density at radius 3 is 2.86 bits per heavy atom. The first-order valence-electron chi connectivity index (χ1n) is 8.67. The lowest BCUT2D eigenvalue weighted by Crippen LogP contribution is -2.57. The number of nitrogens with one attached hydrogen (secondary N) is 1. The van der Waals surface area contributed by atoms with Crippen LogP contribution in [0.4, 0.5) is 0 Å². The van der Waals surface area contributed by atoms with Crippen molar-refractivity contribution < 1.29 is 0 Å². The van der Waals surface area contributed by atoms with Crippen molar-refractivity contribution in [3.8, 4) is 0 Å². The first-order valence-corrected chi connectivity index (χ1v) is 9.49. The second-order valence-corrected chi connectivity index (χ2v) is 7.96. The maximum Gasteiger partial charge on any atom is 0.107 e. The molecule has 3 nitrogen and oxygen atoms in total. The molecule has 1 N–H and O–H groups in total. The van der Waals surface area contributed by atoms with Gasteiger partial charge in [0.1, 0.15) is 5.01 Å². The summed E-state index contributed by atoms with van der Waals surface area (Å²) in [6, 6.07) is 1.32. The summed E-state index contributed by atoms with van der Waals surface area (Å²) in [6.45, 7) is 7.93. The van der Waals surface area contributed by atoms with Crippen LogP contribution in [0, 0.1) is 5.92 Å². The fraction of sp³-hybridized carbons (Fsp3) is 0.824. The molecule has 1 saturated carbocycles. The van der Waals surface area contributed by atoms with E-state index < -0.39 is 0 Å². The van der Waals surface area contributed by atoms with Gasteiger partial charge in [-0.3, -0.25) is 4.90 Å². The van der Waals surface area contributed by atoms with E-state index in [0.717, 1.165) is 25.4 Å². The first-order chi connectivity index (χ1) is 10.3. The summed E-state index contributed by atoms with van der Waals surface area (Å²) < 4.78 is 0. The predicted molar refractivity (Wildman–Crippen MR) is 89.7 cm³/mol. The summed E-state index contributed by atoms with van der Waals surface area (Å²) in [4.78, 5) is 8.67. The monoisotopic (exact) mass is 307 g/mol.